The first-order valence-corrected chi connectivity index (χ1v) is 4.68. The molecule has 0 aromatic rings. The van der Waals surface area contributed by atoms with Crippen molar-refractivity contribution < 1.29 is 9.53 Å². The Hall–Kier alpha value is -0.830. The summed E-state index contributed by atoms with van der Waals surface area (Å²) in [7, 11) is 0. The molecule has 0 fully saturated rings. The zero-order valence-electron chi connectivity index (χ0n) is 8.45. The molecule has 0 aromatic carbocycles. The Morgan fingerprint density at radius 2 is 2.31 bits per heavy atom. The Morgan fingerprint density at radius 3 is 2.77 bits per heavy atom. The van der Waals surface area contributed by atoms with Crippen molar-refractivity contribution in [1.29, 1.82) is 0 Å². The van der Waals surface area contributed by atoms with Gasteiger partial charge in [-0.15, -0.1) is 6.58 Å². The summed E-state index contributed by atoms with van der Waals surface area (Å²) in [6, 6.07) is -0.559. The van der Waals surface area contributed by atoms with Crippen LogP contribution in [0, 0.1) is 0 Å². The Bertz CT molecular complexity index is 168. The van der Waals surface area contributed by atoms with Crippen molar-refractivity contribution in [3.05, 3.63) is 12.7 Å². The smallest absolute Gasteiger partial charge is 0.323 e. The summed E-state index contributed by atoms with van der Waals surface area (Å²) in [4.78, 5) is 11.2. The van der Waals surface area contributed by atoms with Gasteiger partial charge in [0.2, 0.25) is 0 Å². The van der Waals surface area contributed by atoms with Crippen molar-refractivity contribution >= 4 is 5.97 Å². The molecule has 3 nitrogen and oxygen atoms in total. The van der Waals surface area contributed by atoms with Crippen LogP contribution in [0.4, 0.5) is 0 Å². The lowest BCUT2D eigenvalue weighted by Gasteiger charge is -2.14. The molecule has 0 aliphatic heterocycles. The van der Waals surface area contributed by atoms with Gasteiger partial charge in [0.15, 0.2) is 0 Å². The molecule has 0 bridgehead atoms. The lowest BCUT2D eigenvalue weighted by atomic mass is 10.2. The quantitative estimate of drug-likeness (QED) is 0.505. The van der Waals surface area contributed by atoms with E-state index in [-0.39, 0.29) is 12.1 Å². The number of ether oxygens (including phenoxy) is 1. The fourth-order valence-corrected chi connectivity index (χ4v) is 1.03. The third-order valence-electron chi connectivity index (χ3n) is 1.74. The van der Waals surface area contributed by atoms with E-state index in [1.54, 1.807) is 6.08 Å². The number of hydrogen-bond acceptors (Lipinski definition) is 3. The van der Waals surface area contributed by atoms with Crippen LogP contribution in [-0.4, -0.2) is 18.1 Å². The highest BCUT2D eigenvalue weighted by Gasteiger charge is 2.15. The average Bonchev–Trinajstić information content (AvgIpc) is 2.05. The minimum Gasteiger partial charge on any atom is -0.462 e. The fourth-order valence-electron chi connectivity index (χ4n) is 1.03. The van der Waals surface area contributed by atoms with E-state index >= 15 is 0 Å². The molecule has 0 saturated heterocycles. The predicted octanol–water partition coefficient (Wildman–Crippen LogP) is 1.62. The van der Waals surface area contributed by atoms with E-state index in [1.165, 1.54) is 0 Å². The first-order chi connectivity index (χ1) is 6.11. The van der Waals surface area contributed by atoms with Crippen LogP contribution in [0.2, 0.25) is 0 Å². The second-order valence-corrected chi connectivity index (χ2v) is 3.17. The van der Waals surface area contributed by atoms with E-state index in [9.17, 15) is 4.79 Å². The van der Waals surface area contributed by atoms with E-state index in [0.29, 0.717) is 6.42 Å². The third kappa shape index (κ3) is 5.42. The minimum atomic E-state index is -0.559. The fraction of sp³-hybridized carbons (Fsp3) is 0.700. The Labute approximate surface area is 79.9 Å². The Balaban J connectivity index is 3.77. The van der Waals surface area contributed by atoms with Crippen molar-refractivity contribution in [2.75, 3.05) is 0 Å². The lowest BCUT2D eigenvalue weighted by molar-refractivity contribution is -0.150. The highest BCUT2D eigenvalue weighted by molar-refractivity contribution is 5.75. The number of esters is 1. The monoisotopic (exact) mass is 185 g/mol. The highest BCUT2D eigenvalue weighted by atomic mass is 16.5. The molecule has 0 amide bonds. The molecular weight excluding hydrogens is 166 g/mol. The van der Waals surface area contributed by atoms with Crippen LogP contribution in [-0.2, 0) is 9.53 Å². The summed E-state index contributed by atoms with van der Waals surface area (Å²) in [5, 5.41) is 0. The van der Waals surface area contributed by atoms with Crippen LogP contribution in [0.15, 0.2) is 12.7 Å². The van der Waals surface area contributed by atoms with Crippen molar-refractivity contribution in [2.24, 2.45) is 5.73 Å². The molecule has 0 aromatic heterocycles. The van der Waals surface area contributed by atoms with Gasteiger partial charge < -0.3 is 10.5 Å². The van der Waals surface area contributed by atoms with Crippen LogP contribution in [0.1, 0.15) is 33.1 Å². The highest BCUT2D eigenvalue weighted by Crippen LogP contribution is 2.03. The molecule has 13 heavy (non-hydrogen) atoms. The number of carbonyl (C=O) groups is 1. The number of rotatable bonds is 6. The van der Waals surface area contributed by atoms with Gasteiger partial charge in [0.05, 0.1) is 6.10 Å². The molecule has 0 saturated carbocycles. The zero-order chi connectivity index (χ0) is 10.3. The molecule has 0 radical (unpaired) electrons. The van der Waals surface area contributed by atoms with Crippen LogP contribution < -0.4 is 5.73 Å². The van der Waals surface area contributed by atoms with Crippen LogP contribution >= 0.6 is 0 Å². The van der Waals surface area contributed by atoms with Crippen LogP contribution in [0.5, 0.6) is 0 Å². The van der Waals surface area contributed by atoms with Gasteiger partial charge in [0, 0.05) is 0 Å². The predicted molar refractivity (Wildman–Crippen MR) is 53.3 cm³/mol. The van der Waals surface area contributed by atoms with Gasteiger partial charge in [-0.3, -0.25) is 4.79 Å². The molecular formula is C10H19NO2. The molecule has 0 spiro atoms. The lowest BCUT2D eigenvalue weighted by Crippen LogP contribution is -2.33. The van der Waals surface area contributed by atoms with E-state index in [1.807, 2.05) is 13.8 Å². The van der Waals surface area contributed by atoms with Crippen molar-refractivity contribution in [3.8, 4) is 0 Å². The van der Waals surface area contributed by atoms with E-state index in [4.69, 9.17) is 10.5 Å². The normalized spacial score (nSPS) is 14.7. The molecule has 3 heteroatoms. The average molecular weight is 185 g/mol. The molecule has 2 atom stereocenters. The maximum absolute atomic E-state index is 11.2. The molecule has 0 aliphatic carbocycles. The molecule has 0 aliphatic rings. The minimum absolute atomic E-state index is 0.0339. The molecule has 2 unspecified atom stereocenters. The van der Waals surface area contributed by atoms with Gasteiger partial charge >= 0.3 is 5.97 Å². The summed E-state index contributed by atoms with van der Waals surface area (Å²) in [5.74, 6) is -0.333. The van der Waals surface area contributed by atoms with E-state index < -0.39 is 6.04 Å². The molecule has 0 rings (SSSR count). The number of nitrogens with two attached hydrogens (primary N) is 1. The number of carbonyl (C=O) groups excluding carboxylic acids is 1. The van der Waals surface area contributed by atoms with E-state index in [0.717, 1.165) is 12.8 Å². The maximum Gasteiger partial charge on any atom is 0.323 e. The standard InChI is InChI=1S/C10H19NO2/c1-4-6-8(3)13-10(12)9(11)7-5-2/h5,8-9H,2,4,6-7,11H2,1,3H3. The summed E-state index contributed by atoms with van der Waals surface area (Å²) in [5.41, 5.74) is 5.53. The van der Waals surface area contributed by atoms with Crippen molar-refractivity contribution in [2.45, 2.75) is 45.3 Å². The topological polar surface area (TPSA) is 52.3 Å². The first-order valence-electron chi connectivity index (χ1n) is 4.68. The summed E-state index contributed by atoms with van der Waals surface area (Å²) in [6.07, 6.45) is 3.94. The summed E-state index contributed by atoms with van der Waals surface area (Å²) >= 11 is 0. The van der Waals surface area contributed by atoms with Crippen LogP contribution in [0.25, 0.3) is 0 Å². The zero-order valence-corrected chi connectivity index (χ0v) is 8.45. The van der Waals surface area contributed by atoms with Gasteiger partial charge in [-0.05, 0) is 19.8 Å². The second-order valence-electron chi connectivity index (χ2n) is 3.17. The summed E-state index contributed by atoms with van der Waals surface area (Å²) in [6.45, 7) is 7.44. The number of hydrogen-bond donors (Lipinski definition) is 1. The largest absolute Gasteiger partial charge is 0.462 e. The maximum atomic E-state index is 11.2. The van der Waals surface area contributed by atoms with Crippen molar-refractivity contribution in [1.82, 2.24) is 0 Å². The second kappa shape index (κ2) is 6.66. The van der Waals surface area contributed by atoms with Gasteiger partial charge in [-0.2, -0.15) is 0 Å². The van der Waals surface area contributed by atoms with Gasteiger partial charge in [0.1, 0.15) is 6.04 Å². The van der Waals surface area contributed by atoms with Gasteiger partial charge in [-0.1, -0.05) is 19.4 Å². The molecule has 2 N–H and O–H groups in total. The Kier molecular flexibility index (Phi) is 6.24. The first kappa shape index (κ1) is 12.2. The van der Waals surface area contributed by atoms with Crippen LogP contribution in [0.3, 0.4) is 0 Å². The summed E-state index contributed by atoms with van der Waals surface area (Å²) < 4.78 is 5.09. The van der Waals surface area contributed by atoms with Gasteiger partial charge in [0.25, 0.3) is 0 Å². The molecule has 76 valence electrons. The van der Waals surface area contributed by atoms with Crippen molar-refractivity contribution in [3.63, 3.8) is 0 Å². The third-order valence-corrected chi connectivity index (χ3v) is 1.74. The van der Waals surface area contributed by atoms with E-state index in [2.05, 4.69) is 6.58 Å². The van der Waals surface area contributed by atoms with Gasteiger partial charge in [-0.25, -0.2) is 0 Å². The SMILES string of the molecule is C=CCC(N)C(=O)OC(C)CCC. The molecule has 0 heterocycles. The Morgan fingerprint density at radius 1 is 1.69 bits per heavy atom.